The van der Waals surface area contributed by atoms with Crippen molar-refractivity contribution in [3.8, 4) is 0 Å². The lowest BCUT2D eigenvalue weighted by Crippen LogP contribution is -2.32. The molecule has 1 saturated carbocycles. The molecular formula is C10H22N2O2S. The summed E-state index contributed by atoms with van der Waals surface area (Å²) in [5.74, 6) is 0.659. The third-order valence-corrected chi connectivity index (χ3v) is 4.08. The van der Waals surface area contributed by atoms with Gasteiger partial charge in [-0.2, -0.15) is 0 Å². The second-order valence-electron chi connectivity index (χ2n) is 4.57. The summed E-state index contributed by atoms with van der Waals surface area (Å²) in [5.41, 5.74) is 6.04. The highest BCUT2D eigenvalue weighted by molar-refractivity contribution is 7.89. The number of hydrogen-bond donors (Lipinski definition) is 2. The predicted molar refractivity (Wildman–Crippen MR) is 61.8 cm³/mol. The van der Waals surface area contributed by atoms with E-state index in [1.165, 1.54) is 32.1 Å². The van der Waals surface area contributed by atoms with E-state index in [4.69, 9.17) is 10.9 Å². The standard InChI is InChI=1S/C10H22N2O2S/c11-10(7-4-8-15(12,13)14)9-5-2-1-3-6-9/h9-10H,1-8,11H2,(H2,12,13,14). The monoisotopic (exact) mass is 234 g/mol. The van der Waals surface area contributed by atoms with Gasteiger partial charge in [0.1, 0.15) is 0 Å². The van der Waals surface area contributed by atoms with Crippen LogP contribution >= 0.6 is 0 Å². The van der Waals surface area contributed by atoms with Gasteiger partial charge in [-0.25, -0.2) is 13.6 Å². The molecule has 0 aliphatic heterocycles. The molecular weight excluding hydrogens is 212 g/mol. The van der Waals surface area contributed by atoms with Gasteiger partial charge in [0, 0.05) is 6.04 Å². The minimum absolute atomic E-state index is 0.0629. The van der Waals surface area contributed by atoms with Crippen molar-refractivity contribution in [2.45, 2.75) is 51.0 Å². The fourth-order valence-corrected chi connectivity index (χ4v) is 2.89. The third-order valence-electron chi connectivity index (χ3n) is 3.22. The zero-order valence-corrected chi connectivity index (χ0v) is 10.0. The molecule has 15 heavy (non-hydrogen) atoms. The van der Waals surface area contributed by atoms with Crippen LogP contribution in [0.15, 0.2) is 0 Å². The average Bonchev–Trinajstić information content (AvgIpc) is 2.17. The molecule has 0 heterocycles. The van der Waals surface area contributed by atoms with Gasteiger partial charge in [-0.1, -0.05) is 19.3 Å². The van der Waals surface area contributed by atoms with Crippen molar-refractivity contribution in [3.63, 3.8) is 0 Å². The Morgan fingerprint density at radius 1 is 1.20 bits per heavy atom. The molecule has 4 N–H and O–H groups in total. The fraction of sp³-hybridized carbons (Fsp3) is 1.00. The van der Waals surface area contributed by atoms with E-state index in [9.17, 15) is 8.42 Å². The second kappa shape index (κ2) is 5.82. The summed E-state index contributed by atoms with van der Waals surface area (Å²) in [6, 6.07) is 0.159. The first-order valence-electron chi connectivity index (χ1n) is 5.75. The van der Waals surface area contributed by atoms with E-state index in [0.717, 1.165) is 6.42 Å². The molecule has 5 heteroatoms. The molecule has 0 aromatic heterocycles. The van der Waals surface area contributed by atoms with Crippen LogP contribution in [-0.2, 0) is 10.0 Å². The van der Waals surface area contributed by atoms with Crippen molar-refractivity contribution in [1.82, 2.24) is 0 Å². The second-order valence-corrected chi connectivity index (χ2v) is 6.31. The molecule has 4 nitrogen and oxygen atoms in total. The molecule has 0 spiro atoms. The van der Waals surface area contributed by atoms with Crippen molar-refractivity contribution in [3.05, 3.63) is 0 Å². The van der Waals surface area contributed by atoms with Crippen LogP contribution in [0.2, 0.25) is 0 Å². The van der Waals surface area contributed by atoms with Crippen LogP contribution in [0.25, 0.3) is 0 Å². The van der Waals surface area contributed by atoms with Crippen molar-refractivity contribution in [2.24, 2.45) is 16.8 Å². The van der Waals surface area contributed by atoms with Gasteiger partial charge in [0.2, 0.25) is 10.0 Å². The van der Waals surface area contributed by atoms with Gasteiger partial charge in [-0.15, -0.1) is 0 Å². The maximum absolute atomic E-state index is 10.7. The van der Waals surface area contributed by atoms with Crippen LogP contribution in [0, 0.1) is 5.92 Å². The molecule has 0 amide bonds. The Balaban J connectivity index is 2.20. The van der Waals surface area contributed by atoms with Crippen LogP contribution in [0.4, 0.5) is 0 Å². The van der Waals surface area contributed by atoms with Crippen molar-refractivity contribution in [2.75, 3.05) is 5.75 Å². The highest BCUT2D eigenvalue weighted by atomic mass is 32.2. The van der Waals surface area contributed by atoms with Gasteiger partial charge in [-0.3, -0.25) is 0 Å². The van der Waals surface area contributed by atoms with Crippen molar-refractivity contribution in [1.29, 1.82) is 0 Å². The first kappa shape index (κ1) is 12.9. The third kappa shape index (κ3) is 5.49. The SMILES string of the molecule is NC(CCCS(N)(=O)=O)C1CCCCC1. The van der Waals surface area contributed by atoms with Gasteiger partial charge in [-0.05, 0) is 31.6 Å². The summed E-state index contributed by atoms with van der Waals surface area (Å²) in [4.78, 5) is 0. The van der Waals surface area contributed by atoms with E-state index in [-0.39, 0.29) is 11.8 Å². The zero-order valence-electron chi connectivity index (χ0n) is 9.19. The van der Waals surface area contributed by atoms with Crippen LogP contribution in [-0.4, -0.2) is 20.2 Å². The summed E-state index contributed by atoms with van der Waals surface area (Å²) in [6.45, 7) is 0. The van der Waals surface area contributed by atoms with E-state index in [2.05, 4.69) is 0 Å². The first-order chi connectivity index (χ1) is 6.99. The molecule has 1 unspecified atom stereocenters. The van der Waals surface area contributed by atoms with E-state index >= 15 is 0 Å². The molecule has 1 aliphatic carbocycles. The topological polar surface area (TPSA) is 86.2 Å². The average molecular weight is 234 g/mol. The Bertz CT molecular complexity index is 271. The maximum atomic E-state index is 10.7. The normalized spacial score (nSPS) is 21.5. The highest BCUT2D eigenvalue weighted by Crippen LogP contribution is 2.27. The van der Waals surface area contributed by atoms with Gasteiger partial charge < -0.3 is 5.73 Å². The van der Waals surface area contributed by atoms with E-state index < -0.39 is 10.0 Å². The van der Waals surface area contributed by atoms with Crippen LogP contribution in [0.5, 0.6) is 0 Å². The molecule has 0 bridgehead atoms. The van der Waals surface area contributed by atoms with Crippen LogP contribution in [0.3, 0.4) is 0 Å². The van der Waals surface area contributed by atoms with E-state index in [1.807, 2.05) is 0 Å². The number of nitrogens with two attached hydrogens (primary N) is 2. The molecule has 90 valence electrons. The Morgan fingerprint density at radius 3 is 2.33 bits per heavy atom. The van der Waals surface area contributed by atoms with Gasteiger partial charge >= 0.3 is 0 Å². The Morgan fingerprint density at radius 2 is 1.80 bits per heavy atom. The largest absolute Gasteiger partial charge is 0.327 e. The summed E-state index contributed by atoms with van der Waals surface area (Å²) < 4.78 is 21.5. The quantitative estimate of drug-likeness (QED) is 0.743. The predicted octanol–water partition coefficient (Wildman–Crippen LogP) is 0.963. The first-order valence-corrected chi connectivity index (χ1v) is 7.46. The lowest BCUT2D eigenvalue weighted by Gasteiger charge is -2.27. The minimum atomic E-state index is -3.31. The Kier molecular flexibility index (Phi) is 5.02. The van der Waals surface area contributed by atoms with E-state index in [1.54, 1.807) is 0 Å². The lowest BCUT2D eigenvalue weighted by atomic mass is 9.83. The fourth-order valence-electron chi connectivity index (χ4n) is 2.32. The summed E-state index contributed by atoms with van der Waals surface area (Å²) in [5, 5.41) is 4.93. The van der Waals surface area contributed by atoms with Gasteiger partial charge in [0.25, 0.3) is 0 Å². The molecule has 1 fully saturated rings. The molecule has 1 rings (SSSR count). The zero-order chi connectivity index (χ0) is 11.3. The van der Waals surface area contributed by atoms with E-state index in [0.29, 0.717) is 12.3 Å². The molecule has 1 atom stereocenters. The molecule has 0 aromatic carbocycles. The van der Waals surface area contributed by atoms with Crippen molar-refractivity contribution < 1.29 is 8.42 Å². The lowest BCUT2D eigenvalue weighted by molar-refractivity contribution is 0.294. The number of hydrogen-bond acceptors (Lipinski definition) is 3. The number of primary sulfonamides is 1. The Labute approximate surface area is 92.5 Å². The Hall–Kier alpha value is -0.130. The summed E-state index contributed by atoms with van der Waals surface area (Å²) >= 11 is 0. The highest BCUT2D eigenvalue weighted by Gasteiger charge is 2.20. The van der Waals surface area contributed by atoms with Gasteiger partial charge in [0.05, 0.1) is 5.75 Å². The minimum Gasteiger partial charge on any atom is -0.327 e. The number of rotatable bonds is 5. The molecule has 0 radical (unpaired) electrons. The maximum Gasteiger partial charge on any atom is 0.209 e. The van der Waals surface area contributed by atoms with Crippen molar-refractivity contribution >= 4 is 10.0 Å². The molecule has 0 saturated heterocycles. The number of sulfonamides is 1. The van der Waals surface area contributed by atoms with Crippen LogP contribution in [0.1, 0.15) is 44.9 Å². The summed E-state index contributed by atoms with van der Waals surface area (Å²) in [7, 11) is -3.31. The summed E-state index contributed by atoms with van der Waals surface area (Å²) in [6.07, 6.45) is 7.65. The smallest absolute Gasteiger partial charge is 0.209 e. The molecule has 1 aliphatic rings. The van der Waals surface area contributed by atoms with Gasteiger partial charge in [0.15, 0.2) is 0 Å². The molecule has 0 aromatic rings. The van der Waals surface area contributed by atoms with Crippen LogP contribution < -0.4 is 10.9 Å².